The Morgan fingerprint density at radius 2 is 2.47 bits per heavy atom. The SMILES string of the molecule is Cc1cnoc1-c1cn2c(n1)CC(C(=O)O)C2. The Bertz CT molecular complexity index is 561. The number of aromatic nitrogens is 3. The Morgan fingerprint density at radius 3 is 3.06 bits per heavy atom. The number of carboxylic acid groups (broad SMARTS) is 1. The largest absolute Gasteiger partial charge is 0.481 e. The van der Waals surface area contributed by atoms with Gasteiger partial charge in [-0.3, -0.25) is 4.79 Å². The molecule has 6 nitrogen and oxygen atoms in total. The second kappa shape index (κ2) is 3.44. The lowest BCUT2D eigenvalue weighted by Crippen LogP contribution is -2.14. The first-order chi connectivity index (χ1) is 8.15. The number of carbonyl (C=O) groups is 1. The summed E-state index contributed by atoms with van der Waals surface area (Å²) in [5.74, 6) is 0.317. The fraction of sp³-hybridized carbons (Fsp3) is 0.364. The van der Waals surface area contributed by atoms with Crippen molar-refractivity contribution in [3.8, 4) is 11.5 Å². The lowest BCUT2D eigenvalue weighted by atomic mass is 10.1. The molecule has 0 aromatic carbocycles. The van der Waals surface area contributed by atoms with Gasteiger partial charge < -0.3 is 14.2 Å². The smallest absolute Gasteiger partial charge is 0.308 e. The summed E-state index contributed by atoms with van der Waals surface area (Å²) in [7, 11) is 0. The zero-order chi connectivity index (χ0) is 12.0. The van der Waals surface area contributed by atoms with E-state index in [-0.39, 0.29) is 5.92 Å². The number of rotatable bonds is 2. The Hall–Kier alpha value is -2.11. The summed E-state index contributed by atoms with van der Waals surface area (Å²) in [5.41, 5.74) is 1.65. The van der Waals surface area contributed by atoms with Gasteiger partial charge in [0.2, 0.25) is 0 Å². The first-order valence-corrected chi connectivity index (χ1v) is 5.35. The van der Waals surface area contributed by atoms with E-state index in [2.05, 4.69) is 10.1 Å². The van der Waals surface area contributed by atoms with E-state index in [0.29, 0.717) is 18.7 Å². The number of imidazole rings is 1. The molecule has 1 N–H and O–H groups in total. The molecule has 0 bridgehead atoms. The molecule has 0 amide bonds. The molecule has 0 fully saturated rings. The van der Waals surface area contributed by atoms with Crippen molar-refractivity contribution in [1.82, 2.24) is 14.7 Å². The number of aliphatic carboxylic acids is 1. The van der Waals surface area contributed by atoms with Crippen molar-refractivity contribution >= 4 is 5.97 Å². The van der Waals surface area contributed by atoms with Gasteiger partial charge in [-0.25, -0.2) is 4.98 Å². The summed E-state index contributed by atoms with van der Waals surface area (Å²) < 4.78 is 6.99. The van der Waals surface area contributed by atoms with Crippen LogP contribution in [0.3, 0.4) is 0 Å². The molecule has 88 valence electrons. The van der Waals surface area contributed by atoms with Crippen LogP contribution in [-0.4, -0.2) is 25.8 Å². The van der Waals surface area contributed by atoms with E-state index in [1.807, 2.05) is 17.7 Å². The van der Waals surface area contributed by atoms with Gasteiger partial charge >= 0.3 is 5.97 Å². The molecule has 0 spiro atoms. The molecule has 1 aliphatic rings. The molecule has 6 heteroatoms. The van der Waals surface area contributed by atoms with Crippen molar-refractivity contribution in [2.75, 3.05) is 0 Å². The number of nitrogens with zero attached hydrogens (tertiary/aromatic N) is 3. The Balaban J connectivity index is 1.93. The molecule has 1 unspecified atom stereocenters. The summed E-state index contributed by atoms with van der Waals surface area (Å²) in [5, 5.41) is 12.6. The van der Waals surface area contributed by atoms with Crippen molar-refractivity contribution in [2.45, 2.75) is 19.9 Å². The first-order valence-electron chi connectivity index (χ1n) is 5.35. The molecule has 0 radical (unpaired) electrons. The number of aryl methyl sites for hydroxylation is 1. The second-order valence-corrected chi connectivity index (χ2v) is 4.27. The van der Waals surface area contributed by atoms with Crippen LogP contribution in [-0.2, 0) is 17.8 Å². The van der Waals surface area contributed by atoms with Gasteiger partial charge in [0.05, 0.1) is 12.1 Å². The maximum Gasteiger partial charge on any atom is 0.308 e. The number of hydrogen-bond acceptors (Lipinski definition) is 4. The highest BCUT2D eigenvalue weighted by Crippen LogP contribution is 2.27. The van der Waals surface area contributed by atoms with Gasteiger partial charge in [-0.1, -0.05) is 5.16 Å². The summed E-state index contributed by atoms with van der Waals surface area (Å²) in [6.45, 7) is 2.38. The summed E-state index contributed by atoms with van der Waals surface area (Å²) in [4.78, 5) is 15.3. The molecule has 1 atom stereocenters. The van der Waals surface area contributed by atoms with Crippen LogP contribution in [0.15, 0.2) is 16.9 Å². The van der Waals surface area contributed by atoms with E-state index in [4.69, 9.17) is 9.63 Å². The molecule has 2 aromatic heterocycles. The highest BCUT2D eigenvalue weighted by Gasteiger charge is 2.29. The molecule has 17 heavy (non-hydrogen) atoms. The zero-order valence-electron chi connectivity index (χ0n) is 9.25. The molecule has 0 saturated heterocycles. The highest BCUT2D eigenvalue weighted by atomic mass is 16.5. The van der Waals surface area contributed by atoms with Gasteiger partial charge in [-0.15, -0.1) is 0 Å². The van der Waals surface area contributed by atoms with Crippen LogP contribution in [0.25, 0.3) is 11.5 Å². The van der Waals surface area contributed by atoms with E-state index in [1.165, 1.54) is 0 Å². The van der Waals surface area contributed by atoms with Crippen molar-refractivity contribution in [3.05, 3.63) is 23.8 Å². The summed E-state index contributed by atoms with van der Waals surface area (Å²) >= 11 is 0. The van der Waals surface area contributed by atoms with Crippen LogP contribution >= 0.6 is 0 Å². The Morgan fingerprint density at radius 1 is 1.65 bits per heavy atom. The highest BCUT2D eigenvalue weighted by molar-refractivity contribution is 5.71. The fourth-order valence-electron chi connectivity index (χ4n) is 2.11. The third-order valence-corrected chi connectivity index (χ3v) is 3.04. The van der Waals surface area contributed by atoms with Crippen LogP contribution in [0.2, 0.25) is 0 Å². The lowest BCUT2D eigenvalue weighted by Gasteiger charge is -2.00. The quantitative estimate of drug-likeness (QED) is 0.840. The average Bonchev–Trinajstić information content (AvgIpc) is 2.88. The van der Waals surface area contributed by atoms with Gasteiger partial charge in [-0.2, -0.15) is 0 Å². The minimum absolute atomic E-state index is 0.359. The molecule has 3 rings (SSSR count). The third kappa shape index (κ3) is 1.52. The molecule has 1 aliphatic heterocycles. The van der Waals surface area contributed by atoms with E-state index in [9.17, 15) is 4.79 Å². The van der Waals surface area contributed by atoms with Crippen molar-refractivity contribution in [1.29, 1.82) is 0 Å². The first kappa shape index (κ1) is 10.1. The second-order valence-electron chi connectivity index (χ2n) is 4.27. The Labute approximate surface area is 96.9 Å². The molecule has 0 aliphatic carbocycles. The maximum absolute atomic E-state index is 10.9. The predicted molar refractivity (Wildman–Crippen MR) is 57.3 cm³/mol. The molecular weight excluding hydrogens is 222 g/mol. The van der Waals surface area contributed by atoms with Crippen LogP contribution in [0, 0.1) is 12.8 Å². The predicted octanol–water partition coefficient (Wildman–Crippen LogP) is 1.10. The van der Waals surface area contributed by atoms with Crippen LogP contribution in [0.4, 0.5) is 0 Å². The number of fused-ring (bicyclic) bond motifs is 1. The van der Waals surface area contributed by atoms with Crippen molar-refractivity contribution in [2.24, 2.45) is 5.92 Å². The monoisotopic (exact) mass is 233 g/mol. The minimum atomic E-state index is -0.770. The van der Waals surface area contributed by atoms with Crippen molar-refractivity contribution in [3.63, 3.8) is 0 Å². The van der Waals surface area contributed by atoms with Crippen LogP contribution in [0.1, 0.15) is 11.4 Å². The lowest BCUT2D eigenvalue weighted by molar-refractivity contribution is -0.141. The van der Waals surface area contributed by atoms with Crippen molar-refractivity contribution < 1.29 is 14.4 Å². The molecule has 3 heterocycles. The number of carboxylic acids is 1. The standard InChI is InChI=1S/C11H11N3O3/c1-6-3-12-17-10(6)8-5-14-4-7(11(15)16)2-9(14)13-8/h3,5,7H,2,4H2,1H3,(H,15,16). The van der Waals surface area contributed by atoms with E-state index >= 15 is 0 Å². The van der Waals surface area contributed by atoms with Gasteiger partial charge in [0, 0.05) is 24.7 Å². The van der Waals surface area contributed by atoms with Crippen LogP contribution in [0.5, 0.6) is 0 Å². The van der Waals surface area contributed by atoms with E-state index in [1.54, 1.807) is 6.20 Å². The average molecular weight is 233 g/mol. The molecule has 0 saturated carbocycles. The number of hydrogen-bond donors (Lipinski definition) is 1. The van der Waals surface area contributed by atoms with Crippen LogP contribution < -0.4 is 0 Å². The summed E-state index contributed by atoms with van der Waals surface area (Å²) in [6.07, 6.45) is 3.94. The Kier molecular flexibility index (Phi) is 2.04. The maximum atomic E-state index is 10.9. The van der Waals surface area contributed by atoms with Gasteiger partial charge in [0.15, 0.2) is 5.76 Å². The fourth-order valence-corrected chi connectivity index (χ4v) is 2.11. The van der Waals surface area contributed by atoms with E-state index in [0.717, 1.165) is 17.1 Å². The third-order valence-electron chi connectivity index (χ3n) is 3.04. The molecule has 2 aromatic rings. The molecular formula is C11H11N3O3. The minimum Gasteiger partial charge on any atom is -0.481 e. The van der Waals surface area contributed by atoms with Gasteiger partial charge in [0.1, 0.15) is 11.5 Å². The zero-order valence-corrected chi connectivity index (χ0v) is 9.25. The normalized spacial score (nSPS) is 18.3. The topological polar surface area (TPSA) is 81.2 Å². The van der Waals surface area contributed by atoms with Gasteiger partial charge in [-0.05, 0) is 6.92 Å². The summed E-state index contributed by atoms with van der Waals surface area (Å²) in [6, 6.07) is 0. The van der Waals surface area contributed by atoms with Gasteiger partial charge in [0.25, 0.3) is 0 Å². The van der Waals surface area contributed by atoms with E-state index < -0.39 is 5.97 Å².